The second kappa shape index (κ2) is 11.6. The van der Waals surface area contributed by atoms with Crippen LogP contribution in [-0.4, -0.2) is 50.8 Å². The molecule has 0 aromatic heterocycles. The molecule has 0 amide bonds. The number of ether oxygens (including phenoxy) is 1. The summed E-state index contributed by atoms with van der Waals surface area (Å²) in [6, 6.07) is 0. The summed E-state index contributed by atoms with van der Waals surface area (Å²) < 4.78 is 5.93. The van der Waals surface area contributed by atoms with E-state index in [1.54, 1.807) is 0 Å². The van der Waals surface area contributed by atoms with Crippen molar-refractivity contribution >= 4 is 5.96 Å². The van der Waals surface area contributed by atoms with Gasteiger partial charge in [0.15, 0.2) is 5.96 Å². The van der Waals surface area contributed by atoms with Gasteiger partial charge in [0.2, 0.25) is 0 Å². The third-order valence-electron chi connectivity index (χ3n) is 3.99. The summed E-state index contributed by atoms with van der Waals surface area (Å²) in [5.74, 6) is 0.969. The van der Waals surface area contributed by atoms with Crippen LogP contribution in [0.1, 0.15) is 51.4 Å². The van der Waals surface area contributed by atoms with Gasteiger partial charge in [0.05, 0.1) is 6.10 Å². The highest BCUT2D eigenvalue weighted by molar-refractivity contribution is 5.79. The van der Waals surface area contributed by atoms with Crippen molar-refractivity contribution in [2.24, 2.45) is 4.99 Å². The molecule has 1 aliphatic rings. The van der Waals surface area contributed by atoms with E-state index >= 15 is 0 Å². The Kier molecular flexibility index (Phi) is 9.96. The van der Waals surface area contributed by atoms with Crippen molar-refractivity contribution in [2.45, 2.75) is 57.5 Å². The van der Waals surface area contributed by atoms with Crippen molar-refractivity contribution in [3.8, 4) is 0 Å². The van der Waals surface area contributed by atoms with Crippen LogP contribution >= 0.6 is 0 Å². The number of hydrogen-bond acceptors (Lipinski definition) is 2. The second-order valence-corrected chi connectivity index (χ2v) is 5.81. The lowest BCUT2D eigenvalue weighted by Gasteiger charge is -2.23. The molecule has 1 N–H and O–H groups in total. The lowest BCUT2D eigenvalue weighted by molar-refractivity contribution is 0.0276. The Morgan fingerprint density at radius 1 is 1.33 bits per heavy atom. The van der Waals surface area contributed by atoms with Gasteiger partial charge in [0.25, 0.3) is 0 Å². The van der Waals surface area contributed by atoms with Gasteiger partial charge in [-0.3, -0.25) is 4.99 Å². The molecule has 1 saturated carbocycles. The molecule has 0 aromatic rings. The number of unbranched alkanes of at least 4 members (excludes halogenated alkanes) is 1. The molecule has 0 spiro atoms. The summed E-state index contributed by atoms with van der Waals surface area (Å²) in [4.78, 5) is 6.49. The van der Waals surface area contributed by atoms with Gasteiger partial charge in [-0.25, -0.2) is 0 Å². The van der Waals surface area contributed by atoms with Crippen LogP contribution in [0.15, 0.2) is 17.6 Å². The summed E-state index contributed by atoms with van der Waals surface area (Å²) in [5.41, 5.74) is 0. The molecule has 122 valence electrons. The van der Waals surface area contributed by atoms with Gasteiger partial charge in [0, 0.05) is 33.8 Å². The molecular formula is C17H33N3O. The monoisotopic (exact) mass is 295 g/mol. The largest absolute Gasteiger partial charge is 0.378 e. The topological polar surface area (TPSA) is 36.9 Å². The molecule has 0 aliphatic heterocycles. The Morgan fingerprint density at radius 2 is 2.10 bits per heavy atom. The fourth-order valence-corrected chi connectivity index (χ4v) is 2.72. The molecule has 1 fully saturated rings. The van der Waals surface area contributed by atoms with Gasteiger partial charge in [0.1, 0.15) is 0 Å². The first kappa shape index (κ1) is 18.0. The first-order chi connectivity index (χ1) is 10.3. The predicted octanol–water partition coefficient (Wildman–Crippen LogP) is 3.20. The van der Waals surface area contributed by atoms with Crippen LogP contribution in [-0.2, 0) is 4.74 Å². The minimum absolute atomic E-state index is 0.514. The van der Waals surface area contributed by atoms with E-state index in [0.29, 0.717) is 6.10 Å². The Hall–Kier alpha value is -1.03. The third kappa shape index (κ3) is 8.10. The molecule has 0 bridgehead atoms. The van der Waals surface area contributed by atoms with E-state index in [0.717, 1.165) is 44.9 Å². The van der Waals surface area contributed by atoms with Crippen LogP contribution in [0.4, 0.5) is 0 Å². The van der Waals surface area contributed by atoms with Crippen molar-refractivity contribution in [1.82, 2.24) is 10.2 Å². The Balaban J connectivity index is 2.07. The van der Waals surface area contributed by atoms with E-state index < -0.39 is 0 Å². The van der Waals surface area contributed by atoms with E-state index in [4.69, 9.17) is 4.74 Å². The molecule has 1 rings (SSSR count). The average Bonchev–Trinajstić information content (AvgIpc) is 2.52. The maximum absolute atomic E-state index is 5.93. The number of hydrogen-bond donors (Lipinski definition) is 1. The first-order valence-corrected chi connectivity index (χ1v) is 8.42. The van der Waals surface area contributed by atoms with Crippen LogP contribution in [0.3, 0.4) is 0 Å². The Labute approximate surface area is 130 Å². The van der Waals surface area contributed by atoms with E-state index in [-0.39, 0.29) is 0 Å². The number of nitrogens with zero attached hydrogens (tertiary/aromatic N) is 2. The lowest BCUT2D eigenvalue weighted by atomic mass is 9.98. The quantitative estimate of drug-likeness (QED) is 0.307. The van der Waals surface area contributed by atoms with Crippen LogP contribution < -0.4 is 5.32 Å². The second-order valence-electron chi connectivity index (χ2n) is 5.81. The number of aliphatic imine (C=N–C) groups is 1. The predicted molar refractivity (Wildman–Crippen MR) is 90.9 cm³/mol. The highest BCUT2D eigenvalue weighted by Crippen LogP contribution is 2.20. The summed E-state index contributed by atoms with van der Waals surface area (Å²) >= 11 is 0. The number of rotatable bonds is 9. The first-order valence-electron chi connectivity index (χ1n) is 8.42. The maximum atomic E-state index is 5.93. The van der Waals surface area contributed by atoms with Crippen LogP contribution in [0, 0.1) is 0 Å². The fraction of sp³-hybridized carbons (Fsp3) is 0.824. The molecule has 0 heterocycles. The summed E-state index contributed by atoms with van der Waals surface area (Å²) in [6.45, 7) is 6.53. The van der Waals surface area contributed by atoms with Crippen molar-refractivity contribution < 1.29 is 4.74 Å². The highest BCUT2D eigenvalue weighted by atomic mass is 16.5. The molecule has 21 heavy (non-hydrogen) atoms. The van der Waals surface area contributed by atoms with E-state index in [9.17, 15) is 0 Å². The van der Waals surface area contributed by atoms with Crippen LogP contribution in [0.2, 0.25) is 0 Å². The van der Waals surface area contributed by atoms with Gasteiger partial charge in [-0.15, -0.1) is 6.58 Å². The average molecular weight is 295 g/mol. The lowest BCUT2D eigenvalue weighted by Crippen LogP contribution is -2.40. The smallest absolute Gasteiger partial charge is 0.193 e. The standard InChI is InChI=1S/C17H33N3O/c1-4-5-9-14-20(3)17(18-2)19-13-10-15-21-16-11-7-6-8-12-16/h4,16H,1,5-15H2,2-3H3,(H,18,19). The fourth-order valence-electron chi connectivity index (χ4n) is 2.72. The molecular weight excluding hydrogens is 262 g/mol. The SMILES string of the molecule is C=CCCCN(C)C(=NC)NCCCOC1CCCCC1. The molecule has 0 aromatic carbocycles. The van der Waals surface area contributed by atoms with Crippen molar-refractivity contribution in [1.29, 1.82) is 0 Å². The zero-order valence-corrected chi connectivity index (χ0v) is 13.9. The number of guanidine groups is 1. The van der Waals surface area contributed by atoms with Gasteiger partial charge in [-0.05, 0) is 32.1 Å². The van der Waals surface area contributed by atoms with Crippen LogP contribution in [0.25, 0.3) is 0 Å². The molecule has 0 radical (unpaired) electrons. The Morgan fingerprint density at radius 3 is 2.76 bits per heavy atom. The Bertz CT molecular complexity index is 298. The van der Waals surface area contributed by atoms with Gasteiger partial charge in [-0.1, -0.05) is 25.3 Å². The van der Waals surface area contributed by atoms with Crippen molar-refractivity contribution in [3.63, 3.8) is 0 Å². The number of allylic oxidation sites excluding steroid dienone is 1. The zero-order chi connectivity index (χ0) is 15.3. The minimum atomic E-state index is 0.514. The van der Waals surface area contributed by atoms with E-state index in [1.165, 1.54) is 32.1 Å². The van der Waals surface area contributed by atoms with Gasteiger partial charge >= 0.3 is 0 Å². The van der Waals surface area contributed by atoms with E-state index in [1.807, 2.05) is 13.1 Å². The molecule has 0 saturated heterocycles. The normalized spacial score (nSPS) is 16.8. The van der Waals surface area contributed by atoms with Crippen molar-refractivity contribution in [2.75, 3.05) is 33.8 Å². The third-order valence-corrected chi connectivity index (χ3v) is 3.99. The van der Waals surface area contributed by atoms with Crippen LogP contribution in [0.5, 0.6) is 0 Å². The zero-order valence-electron chi connectivity index (χ0n) is 13.9. The van der Waals surface area contributed by atoms with E-state index in [2.05, 4.69) is 28.8 Å². The molecule has 4 heteroatoms. The van der Waals surface area contributed by atoms with Gasteiger partial charge < -0.3 is 15.0 Å². The highest BCUT2D eigenvalue weighted by Gasteiger charge is 2.13. The molecule has 1 aliphatic carbocycles. The maximum Gasteiger partial charge on any atom is 0.193 e. The van der Waals surface area contributed by atoms with Crippen molar-refractivity contribution in [3.05, 3.63) is 12.7 Å². The summed E-state index contributed by atoms with van der Waals surface area (Å²) in [5, 5.41) is 3.40. The molecule has 0 unspecified atom stereocenters. The minimum Gasteiger partial charge on any atom is -0.378 e. The summed E-state index contributed by atoms with van der Waals surface area (Å²) in [6.07, 6.45) is 12.2. The summed E-state index contributed by atoms with van der Waals surface area (Å²) in [7, 11) is 3.92. The number of nitrogens with one attached hydrogen (secondary N) is 1. The molecule has 4 nitrogen and oxygen atoms in total. The van der Waals surface area contributed by atoms with Gasteiger partial charge in [-0.2, -0.15) is 0 Å². The molecule has 0 atom stereocenters.